The minimum Gasteiger partial charge on any atom is -0.308 e. The molecule has 0 amide bonds. The average Bonchev–Trinajstić information content (AvgIpc) is 3.81. The number of para-hydroxylation sites is 3. The van der Waals surface area contributed by atoms with E-state index < -0.39 is 0 Å². The lowest BCUT2D eigenvalue weighted by Crippen LogP contribution is -2.11. The van der Waals surface area contributed by atoms with Gasteiger partial charge in [0.05, 0.1) is 16.7 Å². The third-order valence-corrected chi connectivity index (χ3v) is 12.2. The fourth-order valence-corrected chi connectivity index (χ4v) is 9.71. The first-order valence-corrected chi connectivity index (χ1v) is 19.6. The first kappa shape index (κ1) is 31.6. The lowest BCUT2D eigenvalue weighted by Gasteiger charge is -2.28. The minimum atomic E-state index is 1.10. The van der Waals surface area contributed by atoms with Crippen LogP contribution < -0.4 is 4.90 Å². The molecule has 0 unspecified atom stereocenters. The van der Waals surface area contributed by atoms with E-state index in [9.17, 15) is 0 Å². The highest BCUT2D eigenvalue weighted by molar-refractivity contribution is 7.26. The van der Waals surface area contributed by atoms with Crippen LogP contribution in [0.3, 0.4) is 0 Å². The van der Waals surface area contributed by atoms with Gasteiger partial charge in [0.25, 0.3) is 0 Å². The van der Waals surface area contributed by atoms with Gasteiger partial charge >= 0.3 is 0 Å². The van der Waals surface area contributed by atoms with Gasteiger partial charge in [-0.3, -0.25) is 0 Å². The molecule has 0 saturated carbocycles. The number of hydrogen-bond donors (Lipinski definition) is 0. The number of aromatic nitrogens is 1. The Morgan fingerprint density at radius 1 is 0.382 bits per heavy atom. The number of fused-ring (bicyclic) bond motifs is 8. The van der Waals surface area contributed by atoms with Gasteiger partial charge in [-0.2, -0.15) is 0 Å². The zero-order valence-electron chi connectivity index (χ0n) is 29.9. The van der Waals surface area contributed by atoms with Crippen LogP contribution in [0.1, 0.15) is 0 Å². The molecule has 0 N–H and O–H groups in total. The number of hydrogen-bond acceptors (Lipinski definition) is 2. The Morgan fingerprint density at radius 2 is 1.02 bits per heavy atom. The molecule has 9 aromatic carbocycles. The van der Waals surface area contributed by atoms with Gasteiger partial charge < -0.3 is 9.47 Å². The normalized spacial score (nSPS) is 11.6. The Labute approximate surface area is 323 Å². The van der Waals surface area contributed by atoms with Crippen molar-refractivity contribution in [2.45, 2.75) is 0 Å². The van der Waals surface area contributed by atoms with Crippen molar-refractivity contribution >= 4 is 81.1 Å². The molecule has 0 fully saturated rings. The Kier molecular flexibility index (Phi) is 7.39. The predicted octanol–water partition coefficient (Wildman–Crippen LogP) is 15.1. The second-order valence-corrected chi connectivity index (χ2v) is 15.2. The standard InChI is InChI=1S/C52H34N2S/c1-3-15-35(16-4-1)37-17-13-20-40(33-37)53(49-27-14-25-44-42-22-9-11-26-48(42)54(51(44)49)38-18-5-2-6-19-38)39-31-29-36(30-32-39)46-34-47-43-23-10-12-28-50(43)55-52(47)45-24-8-7-21-41(45)46/h1-34H. The van der Waals surface area contributed by atoms with Crippen LogP contribution in [0, 0.1) is 0 Å². The van der Waals surface area contributed by atoms with Crippen LogP contribution in [0.25, 0.3) is 80.7 Å². The summed E-state index contributed by atoms with van der Waals surface area (Å²) in [5.74, 6) is 0. The van der Waals surface area contributed by atoms with Crippen LogP contribution in [0.2, 0.25) is 0 Å². The molecule has 0 aliphatic rings. The summed E-state index contributed by atoms with van der Waals surface area (Å²) >= 11 is 1.89. The van der Waals surface area contributed by atoms with Gasteiger partial charge in [-0.1, -0.05) is 146 Å². The van der Waals surface area contributed by atoms with E-state index in [2.05, 4.69) is 216 Å². The molecule has 258 valence electrons. The van der Waals surface area contributed by atoms with Crippen molar-refractivity contribution in [1.82, 2.24) is 4.57 Å². The van der Waals surface area contributed by atoms with Crippen LogP contribution >= 0.6 is 11.3 Å². The van der Waals surface area contributed by atoms with Crippen LogP contribution in [-0.2, 0) is 0 Å². The number of rotatable bonds is 6. The summed E-state index contributed by atoms with van der Waals surface area (Å²) in [6.07, 6.45) is 0. The Morgan fingerprint density at radius 3 is 1.84 bits per heavy atom. The van der Waals surface area contributed by atoms with Gasteiger partial charge in [0, 0.05) is 53.4 Å². The lowest BCUT2D eigenvalue weighted by atomic mass is 9.95. The highest BCUT2D eigenvalue weighted by Crippen LogP contribution is 2.46. The lowest BCUT2D eigenvalue weighted by molar-refractivity contribution is 1.17. The molecule has 0 radical (unpaired) electrons. The molecule has 0 aliphatic carbocycles. The second kappa shape index (κ2) is 12.9. The fourth-order valence-electron chi connectivity index (χ4n) is 8.48. The molecule has 2 aromatic heterocycles. The SMILES string of the molecule is c1ccc(-c2cccc(N(c3ccc(-c4cc5c6ccccc6sc5c5ccccc45)cc3)c3cccc4c5ccccc5n(-c5ccccc5)c34)c2)cc1. The van der Waals surface area contributed by atoms with E-state index in [1.54, 1.807) is 0 Å². The third kappa shape index (κ3) is 5.16. The van der Waals surface area contributed by atoms with Crippen molar-refractivity contribution in [2.24, 2.45) is 0 Å². The van der Waals surface area contributed by atoms with Crippen molar-refractivity contribution < 1.29 is 0 Å². The van der Waals surface area contributed by atoms with Gasteiger partial charge in [0.2, 0.25) is 0 Å². The largest absolute Gasteiger partial charge is 0.308 e. The van der Waals surface area contributed by atoms with Crippen LogP contribution in [0.5, 0.6) is 0 Å². The monoisotopic (exact) mass is 718 g/mol. The zero-order valence-corrected chi connectivity index (χ0v) is 30.7. The third-order valence-electron chi connectivity index (χ3n) is 11.0. The number of nitrogens with zero attached hydrogens (tertiary/aromatic N) is 2. The van der Waals surface area contributed by atoms with Crippen molar-refractivity contribution in [3.05, 3.63) is 206 Å². The van der Waals surface area contributed by atoms with Gasteiger partial charge in [-0.05, 0) is 88.3 Å². The molecule has 0 spiro atoms. The molecule has 0 bridgehead atoms. The van der Waals surface area contributed by atoms with Crippen molar-refractivity contribution in [3.8, 4) is 27.9 Å². The summed E-state index contributed by atoms with van der Waals surface area (Å²) in [4.78, 5) is 2.44. The number of benzene rings is 9. The first-order chi connectivity index (χ1) is 27.3. The molecule has 0 aliphatic heterocycles. The summed E-state index contributed by atoms with van der Waals surface area (Å²) in [5, 5.41) is 7.68. The van der Waals surface area contributed by atoms with E-state index in [1.165, 1.54) is 75.0 Å². The molecule has 2 nitrogen and oxygen atoms in total. The van der Waals surface area contributed by atoms with Crippen LogP contribution in [0.15, 0.2) is 206 Å². The highest BCUT2D eigenvalue weighted by atomic mass is 32.1. The van der Waals surface area contributed by atoms with Gasteiger partial charge in [0.15, 0.2) is 0 Å². The summed E-state index contributed by atoms with van der Waals surface area (Å²) in [6, 6.07) is 75.1. The van der Waals surface area contributed by atoms with Gasteiger partial charge in [-0.25, -0.2) is 0 Å². The molecule has 55 heavy (non-hydrogen) atoms. The molecule has 2 heterocycles. The Hall–Kier alpha value is -6.94. The number of anilines is 3. The maximum atomic E-state index is 2.44. The summed E-state index contributed by atoms with van der Waals surface area (Å²) in [7, 11) is 0. The quantitative estimate of drug-likeness (QED) is 0.166. The molecular weight excluding hydrogens is 685 g/mol. The van der Waals surface area contributed by atoms with E-state index in [1.807, 2.05) is 11.3 Å². The van der Waals surface area contributed by atoms with Crippen LogP contribution in [-0.4, -0.2) is 4.57 Å². The maximum absolute atomic E-state index is 2.44. The molecule has 11 aromatic rings. The molecule has 0 atom stereocenters. The van der Waals surface area contributed by atoms with Gasteiger partial charge in [-0.15, -0.1) is 11.3 Å². The topological polar surface area (TPSA) is 8.17 Å². The summed E-state index contributed by atoms with van der Waals surface area (Å²) < 4.78 is 5.10. The fraction of sp³-hybridized carbons (Fsp3) is 0. The van der Waals surface area contributed by atoms with E-state index >= 15 is 0 Å². The minimum absolute atomic E-state index is 1.10. The van der Waals surface area contributed by atoms with E-state index in [-0.39, 0.29) is 0 Å². The summed E-state index contributed by atoms with van der Waals surface area (Å²) in [6.45, 7) is 0. The van der Waals surface area contributed by atoms with Crippen molar-refractivity contribution in [2.75, 3.05) is 4.90 Å². The molecule has 3 heteroatoms. The summed E-state index contributed by atoms with van der Waals surface area (Å²) in [5.41, 5.74) is 11.6. The average molecular weight is 719 g/mol. The molecule has 11 rings (SSSR count). The highest BCUT2D eigenvalue weighted by Gasteiger charge is 2.22. The predicted molar refractivity (Wildman–Crippen MR) is 237 cm³/mol. The van der Waals surface area contributed by atoms with Crippen molar-refractivity contribution in [1.29, 1.82) is 0 Å². The Balaban J connectivity index is 1.15. The van der Waals surface area contributed by atoms with Crippen LogP contribution in [0.4, 0.5) is 17.1 Å². The van der Waals surface area contributed by atoms with E-state index in [4.69, 9.17) is 0 Å². The molecule has 0 saturated heterocycles. The van der Waals surface area contributed by atoms with E-state index in [0.717, 1.165) is 22.7 Å². The first-order valence-electron chi connectivity index (χ1n) is 18.8. The van der Waals surface area contributed by atoms with Gasteiger partial charge in [0.1, 0.15) is 0 Å². The molecular formula is C52H34N2S. The maximum Gasteiger partial charge on any atom is 0.0782 e. The Bertz CT molecular complexity index is 3190. The number of thiophene rings is 1. The van der Waals surface area contributed by atoms with E-state index in [0.29, 0.717) is 0 Å². The van der Waals surface area contributed by atoms with Crippen molar-refractivity contribution in [3.63, 3.8) is 0 Å². The second-order valence-electron chi connectivity index (χ2n) is 14.1. The zero-order chi connectivity index (χ0) is 36.3. The smallest absolute Gasteiger partial charge is 0.0782 e.